The van der Waals surface area contributed by atoms with Crippen molar-refractivity contribution in [2.24, 2.45) is 5.92 Å². The fraction of sp³-hybridized carbons (Fsp3) is 0.917. The summed E-state index contributed by atoms with van der Waals surface area (Å²) in [6.07, 6.45) is 1.21. The zero-order valence-corrected chi connectivity index (χ0v) is 10.7. The van der Waals surface area contributed by atoms with Crippen LogP contribution in [0.1, 0.15) is 33.6 Å². The number of aliphatic hydroxyl groups is 1. The van der Waals surface area contributed by atoms with Gasteiger partial charge in [-0.25, -0.2) is 0 Å². The number of hydrogen-bond acceptors (Lipinski definition) is 3. The number of rotatable bonds is 4. The third kappa shape index (κ3) is 2.55. The number of carbonyl (C=O) groups excluding carboxylic acids is 1. The van der Waals surface area contributed by atoms with Crippen LogP contribution in [0.5, 0.6) is 0 Å². The summed E-state index contributed by atoms with van der Waals surface area (Å²) >= 11 is 0. The zero-order chi connectivity index (χ0) is 12.3. The van der Waals surface area contributed by atoms with E-state index in [9.17, 15) is 9.90 Å². The summed E-state index contributed by atoms with van der Waals surface area (Å²) in [4.78, 5) is 14.0. The lowest BCUT2D eigenvalue weighted by molar-refractivity contribution is -0.152. The number of amides is 1. The average molecular weight is 229 g/mol. The lowest BCUT2D eigenvalue weighted by Gasteiger charge is -2.30. The predicted molar refractivity (Wildman–Crippen MR) is 62.1 cm³/mol. The minimum absolute atomic E-state index is 0.0423. The Kier molecular flexibility index (Phi) is 4.33. The fourth-order valence-electron chi connectivity index (χ4n) is 2.08. The predicted octanol–water partition coefficient (Wildman–Crippen LogP) is 1.03. The quantitative estimate of drug-likeness (QED) is 0.783. The molecule has 0 bridgehead atoms. The van der Waals surface area contributed by atoms with E-state index in [0.717, 1.165) is 13.0 Å². The maximum Gasteiger partial charge on any atom is 0.254 e. The minimum Gasteiger partial charge on any atom is -0.393 e. The van der Waals surface area contributed by atoms with Gasteiger partial charge in [-0.3, -0.25) is 4.79 Å². The molecule has 94 valence electrons. The van der Waals surface area contributed by atoms with Gasteiger partial charge in [-0.1, -0.05) is 6.92 Å². The monoisotopic (exact) mass is 229 g/mol. The van der Waals surface area contributed by atoms with E-state index < -0.39 is 5.60 Å². The summed E-state index contributed by atoms with van der Waals surface area (Å²) in [5.41, 5.74) is -0.715. The van der Waals surface area contributed by atoms with Crippen LogP contribution in [0.15, 0.2) is 0 Å². The lowest BCUT2D eigenvalue weighted by atomic mass is 10.0. The molecule has 0 aromatic heterocycles. The van der Waals surface area contributed by atoms with E-state index in [1.165, 1.54) is 0 Å². The van der Waals surface area contributed by atoms with E-state index >= 15 is 0 Å². The van der Waals surface area contributed by atoms with Crippen molar-refractivity contribution in [2.45, 2.75) is 45.3 Å². The first-order chi connectivity index (χ1) is 7.44. The Bertz CT molecular complexity index is 249. The van der Waals surface area contributed by atoms with Gasteiger partial charge in [-0.15, -0.1) is 0 Å². The van der Waals surface area contributed by atoms with E-state index in [-0.39, 0.29) is 17.9 Å². The summed E-state index contributed by atoms with van der Waals surface area (Å²) < 4.78 is 5.30. The Morgan fingerprint density at radius 3 is 2.69 bits per heavy atom. The second kappa shape index (κ2) is 5.15. The Balaban J connectivity index is 2.63. The van der Waals surface area contributed by atoms with Gasteiger partial charge in [0.2, 0.25) is 0 Å². The molecule has 0 aliphatic carbocycles. The van der Waals surface area contributed by atoms with Crippen LogP contribution in [-0.2, 0) is 9.53 Å². The Hall–Kier alpha value is -0.610. The normalized spacial score (nSPS) is 26.6. The van der Waals surface area contributed by atoms with Crippen molar-refractivity contribution in [3.63, 3.8) is 0 Å². The molecule has 1 aliphatic heterocycles. The number of nitrogens with zero attached hydrogens (tertiary/aromatic N) is 1. The van der Waals surface area contributed by atoms with Crippen molar-refractivity contribution in [1.82, 2.24) is 4.90 Å². The summed E-state index contributed by atoms with van der Waals surface area (Å²) in [5.74, 6) is 0.252. The molecule has 1 fully saturated rings. The summed E-state index contributed by atoms with van der Waals surface area (Å²) in [5, 5.41) is 9.50. The molecule has 0 saturated carbocycles. The summed E-state index contributed by atoms with van der Waals surface area (Å²) in [7, 11) is 1.57. The highest BCUT2D eigenvalue weighted by molar-refractivity contribution is 5.85. The molecular formula is C12H23NO3. The number of likely N-dealkylation sites (tertiary alicyclic amines) is 1. The van der Waals surface area contributed by atoms with Gasteiger partial charge in [0.05, 0.1) is 6.10 Å². The second-order valence-electron chi connectivity index (χ2n) is 4.83. The van der Waals surface area contributed by atoms with Crippen LogP contribution in [0.4, 0.5) is 0 Å². The van der Waals surface area contributed by atoms with E-state index in [1.807, 2.05) is 18.7 Å². The zero-order valence-electron chi connectivity index (χ0n) is 10.7. The number of hydrogen-bond donors (Lipinski definition) is 1. The average Bonchev–Trinajstić information content (AvgIpc) is 2.76. The van der Waals surface area contributed by atoms with Crippen LogP contribution in [0.3, 0.4) is 0 Å². The van der Waals surface area contributed by atoms with Gasteiger partial charge in [0, 0.05) is 26.1 Å². The van der Waals surface area contributed by atoms with Crippen LogP contribution in [0, 0.1) is 5.92 Å². The largest absolute Gasteiger partial charge is 0.393 e. The highest BCUT2D eigenvalue weighted by Crippen LogP contribution is 2.25. The molecular weight excluding hydrogens is 206 g/mol. The van der Waals surface area contributed by atoms with E-state index in [2.05, 4.69) is 0 Å². The molecule has 1 N–H and O–H groups in total. The lowest BCUT2D eigenvalue weighted by Crippen LogP contribution is -2.47. The molecule has 0 radical (unpaired) electrons. The number of aliphatic hydroxyl groups excluding tert-OH is 1. The van der Waals surface area contributed by atoms with Crippen LogP contribution in [0.2, 0.25) is 0 Å². The molecule has 1 heterocycles. The fourth-order valence-corrected chi connectivity index (χ4v) is 2.08. The van der Waals surface area contributed by atoms with Crippen molar-refractivity contribution in [3.05, 3.63) is 0 Å². The highest BCUT2D eigenvalue weighted by atomic mass is 16.5. The summed E-state index contributed by atoms with van der Waals surface area (Å²) in [6.45, 7) is 6.94. The van der Waals surface area contributed by atoms with Crippen molar-refractivity contribution in [2.75, 3.05) is 20.2 Å². The van der Waals surface area contributed by atoms with E-state index in [4.69, 9.17) is 4.74 Å². The van der Waals surface area contributed by atoms with Gasteiger partial charge in [-0.05, 0) is 26.7 Å². The smallest absolute Gasteiger partial charge is 0.254 e. The van der Waals surface area contributed by atoms with Crippen LogP contribution >= 0.6 is 0 Å². The van der Waals surface area contributed by atoms with Crippen molar-refractivity contribution in [3.8, 4) is 0 Å². The Labute approximate surface area is 97.6 Å². The first kappa shape index (κ1) is 13.5. The van der Waals surface area contributed by atoms with Crippen molar-refractivity contribution < 1.29 is 14.6 Å². The van der Waals surface area contributed by atoms with Gasteiger partial charge in [0.25, 0.3) is 5.91 Å². The molecule has 1 aliphatic rings. The number of carbonyl (C=O) groups is 1. The first-order valence-corrected chi connectivity index (χ1v) is 5.97. The molecule has 4 nitrogen and oxygen atoms in total. The van der Waals surface area contributed by atoms with Gasteiger partial charge < -0.3 is 14.7 Å². The highest BCUT2D eigenvalue weighted by Gasteiger charge is 2.38. The topological polar surface area (TPSA) is 49.8 Å². The Morgan fingerprint density at radius 1 is 1.69 bits per heavy atom. The molecule has 1 amide bonds. The van der Waals surface area contributed by atoms with E-state index in [0.29, 0.717) is 13.0 Å². The van der Waals surface area contributed by atoms with Gasteiger partial charge in [0.15, 0.2) is 0 Å². The standard InChI is InChI=1S/C12H23NO3/c1-5-12(3,16-4)11(15)13-7-6-10(8-13)9(2)14/h9-10,14H,5-8H2,1-4H3. The minimum atomic E-state index is -0.715. The van der Waals surface area contributed by atoms with Crippen LogP contribution in [0.25, 0.3) is 0 Å². The molecule has 3 unspecified atom stereocenters. The number of methoxy groups -OCH3 is 1. The van der Waals surface area contributed by atoms with Gasteiger partial charge in [0.1, 0.15) is 5.60 Å². The maximum atomic E-state index is 12.2. The second-order valence-corrected chi connectivity index (χ2v) is 4.83. The molecule has 0 aromatic carbocycles. The first-order valence-electron chi connectivity index (χ1n) is 5.97. The maximum absolute atomic E-state index is 12.2. The number of ether oxygens (including phenoxy) is 1. The molecule has 4 heteroatoms. The molecule has 1 rings (SSSR count). The van der Waals surface area contributed by atoms with Crippen LogP contribution in [-0.4, -0.2) is 47.8 Å². The molecule has 3 atom stereocenters. The molecule has 0 aromatic rings. The van der Waals surface area contributed by atoms with Crippen molar-refractivity contribution >= 4 is 5.91 Å². The molecule has 1 saturated heterocycles. The van der Waals surface area contributed by atoms with Crippen LogP contribution < -0.4 is 0 Å². The third-order valence-corrected chi connectivity index (χ3v) is 3.77. The SMILES string of the molecule is CCC(C)(OC)C(=O)N1CCC(C(C)O)C1. The molecule has 0 spiro atoms. The summed E-state index contributed by atoms with van der Waals surface area (Å²) in [6, 6.07) is 0. The van der Waals surface area contributed by atoms with E-state index in [1.54, 1.807) is 14.0 Å². The molecule has 16 heavy (non-hydrogen) atoms. The van der Waals surface area contributed by atoms with Gasteiger partial charge >= 0.3 is 0 Å². The van der Waals surface area contributed by atoms with Crippen molar-refractivity contribution in [1.29, 1.82) is 0 Å². The Morgan fingerprint density at radius 2 is 2.31 bits per heavy atom. The third-order valence-electron chi connectivity index (χ3n) is 3.77. The van der Waals surface area contributed by atoms with Gasteiger partial charge in [-0.2, -0.15) is 0 Å².